The first-order chi connectivity index (χ1) is 10.2. The van der Waals surface area contributed by atoms with Crippen LogP contribution in [0, 0.1) is 0 Å². The molecular weight excluding hydrogens is 306 g/mol. The van der Waals surface area contributed by atoms with Crippen molar-refractivity contribution in [2.24, 2.45) is 0 Å². The highest BCUT2D eigenvalue weighted by Gasteiger charge is 2.36. The molecule has 2 aliphatic rings. The molecule has 3 heterocycles. The number of carbonyl (C=O) groups is 1. The van der Waals surface area contributed by atoms with Crippen LogP contribution < -0.4 is 10.6 Å². The molecule has 0 aromatic carbocycles. The monoisotopic (exact) mass is 327 g/mol. The third-order valence-electron chi connectivity index (χ3n) is 4.46. The maximum atomic E-state index is 12.0. The molecule has 0 spiro atoms. The topological polar surface area (TPSA) is 44.4 Å². The fourth-order valence-corrected chi connectivity index (χ4v) is 4.51. The molecule has 0 aliphatic carbocycles. The standard InChI is InChI=1S/C15H22ClN3OS/c16-14-5-4-11(21-14)6-8-17-15(20)18-12-7-10-19-9-2-1-3-13(12)19/h4-5,12-13H,1-3,6-10H2,(H2,17,18,20)/t12-,13-/m1/s1. The van der Waals surface area contributed by atoms with Gasteiger partial charge in [0.05, 0.1) is 4.34 Å². The number of hydrogen-bond acceptors (Lipinski definition) is 3. The van der Waals surface area contributed by atoms with E-state index in [0.29, 0.717) is 18.6 Å². The van der Waals surface area contributed by atoms with E-state index in [2.05, 4.69) is 15.5 Å². The van der Waals surface area contributed by atoms with Crippen molar-refractivity contribution in [1.82, 2.24) is 15.5 Å². The Morgan fingerprint density at radius 1 is 1.33 bits per heavy atom. The Bertz CT molecular complexity index is 493. The lowest BCUT2D eigenvalue weighted by Gasteiger charge is -2.32. The first kappa shape index (κ1) is 15.1. The lowest BCUT2D eigenvalue weighted by molar-refractivity contribution is 0.179. The van der Waals surface area contributed by atoms with Gasteiger partial charge in [-0.05, 0) is 44.4 Å². The van der Waals surface area contributed by atoms with Crippen molar-refractivity contribution in [1.29, 1.82) is 0 Å². The molecule has 1 aromatic rings. The van der Waals surface area contributed by atoms with Gasteiger partial charge in [0.25, 0.3) is 0 Å². The average molecular weight is 328 g/mol. The maximum Gasteiger partial charge on any atom is 0.315 e. The predicted octanol–water partition coefficient (Wildman–Crippen LogP) is 2.87. The van der Waals surface area contributed by atoms with E-state index in [4.69, 9.17) is 11.6 Å². The Hall–Kier alpha value is -0.780. The van der Waals surface area contributed by atoms with Gasteiger partial charge in [0.2, 0.25) is 0 Å². The molecule has 2 saturated heterocycles. The van der Waals surface area contributed by atoms with E-state index in [1.165, 1.54) is 30.7 Å². The third-order valence-corrected chi connectivity index (χ3v) is 5.75. The maximum absolute atomic E-state index is 12.0. The number of thiophene rings is 1. The van der Waals surface area contributed by atoms with Gasteiger partial charge < -0.3 is 10.6 Å². The van der Waals surface area contributed by atoms with Crippen LogP contribution in [0.3, 0.4) is 0 Å². The normalized spacial score (nSPS) is 25.6. The largest absolute Gasteiger partial charge is 0.338 e. The summed E-state index contributed by atoms with van der Waals surface area (Å²) in [7, 11) is 0. The van der Waals surface area contributed by atoms with E-state index in [1.807, 2.05) is 12.1 Å². The first-order valence-electron chi connectivity index (χ1n) is 7.75. The lowest BCUT2D eigenvalue weighted by atomic mass is 9.99. The van der Waals surface area contributed by atoms with Crippen LogP contribution in [-0.4, -0.2) is 42.6 Å². The molecule has 2 amide bonds. The van der Waals surface area contributed by atoms with E-state index in [9.17, 15) is 4.79 Å². The Kier molecular flexibility index (Phi) is 5.03. The molecule has 0 radical (unpaired) electrons. The van der Waals surface area contributed by atoms with E-state index >= 15 is 0 Å². The summed E-state index contributed by atoms with van der Waals surface area (Å²) in [6.45, 7) is 2.98. The molecule has 21 heavy (non-hydrogen) atoms. The highest BCUT2D eigenvalue weighted by molar-refractivity contribution is 7.16. The Morgan fingerprint density at radius 3 is 3.05 bits per heavy atom. The van der Waals surface area contributed by atoms with Crippen molar-refractivity contribution in [2.75, 3.05) is 19.6 Å². The summed E-state index contributed by atoms with van der Waals surface area (Å²) in [5, 5.41) is 6.11. The van der Waals surface area contributed by atoms with Gasteiger partial charge >= 0.3 is 6.03 Å². The number of nitrogens with zero attached hydrogens (tertiary/aromatic N) is 1. The van der Waals surface area contributed by atoms with Crippen LogP contribution >= 0.6 is 22.9 Å². The van der Waals surface area contributed by atoms with Crippen molar-refractivity contribution in [3.63, 3.8) is 0 Å². The van der Waals surface area contributed by atoms with Crippen molar-refractivity contribution in [3.05, 3.63) is 21.3 Å². The smallest absolute Gasteiger partial charge is 0.315 e. The van der Waals surface area contributed by atoms with Crippen LogP contribution in [-0.2, 0) is 6.42 Å². The van der Waals surface area contributed by atoms with Gasteiger partial charge in [-0.3, -0.25) is 4.90 Å². The summed E-state index contributed by atoms with van der Waals surface area (Å²) in [6.07, 6.45) is 5.74. The molecular formula is C15H22ClN3OS. The summed E-state index contributed by atoms with van der Waals surface area (Å²) >= 11 is 7.47. The van der Waals surface area contributed by atoms with Crippen molar-refractivity contribution in [2.45, 2.75) is 44.2 Å². The minimum Gasteiger partial charge on any atom is -0.338 e. The van der Waals surface area contributed by atoms with Crippen LogP contribution in [0.5, 0.6) is 0 Å². The second kappa shape index (κ2) is 6.99. The van der Waals surface area contributed by atoms with Gasteiger partial charge in [0, 0.05) is 30.1 Å². The molecule has 0 unspecified atom stereocenters. The van der Waals surface area contributed by atoms with Gasteiger partial charge in [-0.25, -0.2) is 4.79 Å². The van der Waals surface area contributed by atoms with E-state index in [1.54, 1.807) is 11.3 Å². The molecule has 0 saturated carbocycles. The first-order valence-corrected chi connectivity index (χ1v) is 8.94. The number of piperidine rings is 1. The summed E-state index contributed by atoms with van der Waals surface area (Å²) in [5.74, 6) is 0. The van der Waals surface area contributed by atoms with Gasteiger partial charge in [-0.1, -0.05) is 18.0 Å². The molecule has 1 aromatic heterocycles. The fourth-order valence-electron chi connectivity index (χ4n) is 3.42. The van der Waals surface area contributed by atoms with E-state index in [-0.39, 0.29) is 6.03 Å². The fraction of sp³-hybridized carbons (Fsp3) is 0.667. The molecule has 116 valence electrons. The highest BCUT2D eigenvalue weighted by atomic mass is 35.5. The number of hydrogen-bond donors (Lipinski definition) is 2. The number of rotatable bonds is 4. The highest BCUT2D eigenvalue weighted by Crippen LogP contribution is 2.27. The van der Waals surface area contributed by atoms with Gasteiger partial charge in [0.1, 0.15) is 0 Å². The molecule has 4 nitrogen and oxygen atoms in total. The van der Waals surface area contributed by atoms with Gasteiger partial charge in [-0.15, -0.1) is 11.3 Å². The zero-order chi connectivity index (χ0) is 14.7. The number of halogens is 1. The Labute approximate surface area is 134 Å². The van der Waals surface area contributed by atoms with Crippen LogP contribution in [0.1, 0.15) is 30.6 Å². The van der Waals surface area contributed by atoms with Crippen LogP contribution in [0.25, 0.3) is 0 Å². The Balaban J connectivity index is 1.40. The van der Waals surface area contributed by atoms with Crippen LogP contribution in [0.15, 0.2) is 12.1 Å². The summed E-state index contributed by atoms with van der Waals surface area (Å²) in [5.41, 5.74) is 0. The number of urea groups is 1. The number of fused-ring (bicyclic) bond motifs is 1. The second-order valence-corrected chi connectivity index (χ2v) is 7.65. The lowest BCUT2D eigenvalue weighted by Crippen LogP contribution is -2.49. The predicted molar refractivity (Wildman–Crippen MR) is 87.2 cm³/mol. The third kappa shape index (κ3) is 3.90. The minimum atomic E-state index is -0.0323. The summed E-state index contributed by atoms with van der Waals surface area (Å²) < 4.78 is 0.804. The van der Waals surface area contributed by atoms with Crippen LogP contribution in [0.4, 0.5) is 4.79 Å². The van der Waals surface area contributed by atoms with Gasteiger partial charge in [0.15, 0.2) is 0 Å². The molecule has 3 rings (SSSR count). The molecule has 2 atom stereocenters. The molecule has 2 N–H and O–H groups in total. The molecule has 2 fully saturated rings. The average Bonchev–Trinajstić information content (AvgIpc) is 3.06. The zero-order valence-corrected chi connectivity index (χ0v) is 13.7. The summed E-state index contributed by atoms with van der Waals surface area (Å²) in [4.78, 5) is 15.7. The minimum absolute atomic E-state index is 0.0323. The van der Waals surface area contributed by atoms with E-state index in [0.717, 1.165) is 23.7 Å². The van der Waals surface area contributed by atoms with E-state index < -0.39 is 0 Å². The number of nitrogens with one attached hydrogen (secondary N) is 2. The molecule has 6 heteroatoms. The zero-order valence-electron chi connectivity index (χ0n) is 12.1. The number of carbonyl (C=O) groups excluding carboxylic acids is 1. The van der Waals surface area contributed by atoms with Crippen molar-refractivity contribution >= 4 is 29.0 Å². The quantitative estimate of drug-likeness (QED) is 0.893. The van der Waals surface area contributed by atoms with Crippen molar-refractivity contribution in [3.8, 4) is 0 Å². The number of amides is 2. The van der Waals surface area contributed by atoms with Crippen LogP contribution in [0.2, 0.25) is 4.34 Å². The SMILES string of the molecule is O=C(NCCc1ccc(Cl)s1)N[C@@H]1CCN2CCCC[C@H]12. The molecule has 2 aliphatic heterocycles. The van der Waals surface area contributed by atoms with Gasteiger partial charge in [-0.2, -0.15) is 0 Å². The van der Waals surface area contributed by atoms with Crippen molar-refractivity contribution < 1.29 is 4.79 Å². The summed E-state index contributed by atoms with van der Waals surface area (Å²) in [6, 6.07) is 4.76. The Morgan fingerprint density at radius 2 is 2.24 bits per heavy atom. The second-order valence-electron chi connectivity index (χ2n) is 5.85. The molecule has 0 bridgehead atoms.